The van der Waals surface area contributed by atoms with Crippen LogP contribution in [0.4, 0.5) is 17.1 Å². The lowest BCUT2D eigenvalue weighted by molar-refractivity contribution is -0.383. The maximum Gasteiger partial charge on any atom is 0.316 e. The molecule has 6 heteroatoms. The molecule has 0 amide bonds. The molecule has 0 aliphatic carbocycles. The number of aryl methyl sites for hydroxylation is 1. The zero-order chi connectivity index (χ0) is 14.5. The first-order valence-electron chi connectivity index (χ1n) is 6.15. The van der Waals surface area contributed by atoms with Gasteiger partial charge >= 0.3 is 5.69 Å². The second-order valence-corrected chi connectivity index (χ2v) is 4.44. The standard InChI is InChI=1S/C14H16N4O2/c1-10-5-7-11(8-6-10)9-16-12-3-2-4-13(17-15)14(12)18(19)20/h2-8,16-17H,9,15H2,1H3. The molecule has 0 fully saturated rings. The Labute approximate surface area is 116 Å². The van der Waals surface area contributed by atoms with Crippen LogP contribution in [0.1, 0.15) is 11.1 Å². The average Bonchev–Trinajstić information content (AvgIpc) is 2.46. The van der Waals surface area contributed by atoms with Crippen LogP contribution in [-0.2, 0) is 6.54 Å². The summed E-state index contributed by atoms with van der Waals surface area (Å²) in [6, 6.07) is 12.9. The lowest BCUT2D eigenvalue weighted by atomic mass is 10.1. The second kappa shape index (κ2) is 6.03. The fourth-order valence-electron chi connectivity index (χ4n) is 1.90. The van der Waals surface area contributed by atoms with Crippen molar-refractivity contribution < 1.29 is 4.92 Å². The van der Waals surface area contributed by atoms with Gasteiger partial charge in [-0.25, -0.2) is 0 Å². The highest BCUT2D eigenvalue weighted by atomic mass is 16.6. The summed E-state index contributed by atoms with van der Waals surface area (Å²) in [6.07, 6.45) is 0. The Morgan fingerprint density at radius 1 is 1.15 bits per heavy atom. The van der Waals surface area contributed by atoms with E-state index in [0.29, 0.717) is 12.2 Å². The van der Waals surface area contributed by atoms with E-state index in [0.717, 1.165) is 5.56 Å². The molecule has 2 aromatic rings. The smallest absolute Gasteiger partial charge is 0.316 e. The molecule has 0 aromatic heterocycles. The third kappa shape index (κ3) is 3.04. The van der Waals surface area contributed by atoms with E-state index in [9.17, 15) is 10.1 Å². The fourth-order valence-corrected chi connectivity index (χ4v) is 1.90. The first-order valence-corrected chi connectivity index (χ1v) is 6.15. The Morgan fingerprint density at radius 2 is 1.80 bits per heavy atom. The first-order chi connectivity index (χ1) is 9.61. The van der Waals surface area contributed by atoms with Gasteiger partial charge in [-0.3, -0.25) is 16.0 Å². The lowest BCUT2D eigenvalue weighted by Gasteiger charge is -2.10. The maximum atomic E-state index is 11.1. The Kier molecular flexibility index (Phi) is 4.17. The predicted octanol–water partition coefficient (Wildman–Crippen LogP) is 2.80. The molecular weight excluding hydrogens is 256 g/mol. The molecular formula is C14H16N4O2. The highest BCUT2D eigenvalue weighted by Crippen LogP contribution is 2.32. The van der Waals surface area contributed by atoms with Crippen molar-refractivity contribution in [3.63, 3.8) is 0 Å². The predicted molar refractivity (Wildman–Crippen MR) is 79.4 cm³/mol. The summed E-state index contributed by atoms with van der Waals surface area (Å²) in [5.74, 6) is 5.30. The molecule has 0 aliphatic rings. The van der Waals surface area contributed by atoms with Crippen LogP contribution in [0.25, 0.3) is 0 Å². The topological polar surface area (TPSA) is 93.2 Å². The van der Waals surface area contributed by atoms with E-state index < -0.39 is 4.92 Å². The van der Waals surface area contributed by atoms with Crippen LogP contribution < -0.4 is 16.6 Å². The number of hydrogen-bond donors (Lipinski definition) is 3. The van der Waals surface area contributed by atoms with Crippen molar-refractivity contribution in [2.24, 2.45) is 5.84 Å². The van der Waals surface area contributed by atoms with E-state index in [4.69, 9.17) is 5.84 Å². The number of benzene rings is 2. The Morgan fingerprint density at radius 3 is 2.40 bits per heavy atom. The minimum atomic E-state index is -0.452. The summed E-state index contributed by atoms with van der Waals surface area (Å²) < 4.78 is 0. The van der Waals surface area contributed by atoms with E-state index in [1.165, 1.54) is 5.56 Å². The molecule has 0 saturated carbocycles. The van der Waals surface area contributed by atoms with E-state index in [-0.39, 0.29) is 11.4 Å². The molecule has 0 aliphatic heterocycles. The molecule has 0 spiro atoms. The summed E-state index contributed by atoms with van der Waals surface area (Å²) >= 11 is 0. The molecule has 0 heterocycles. The summed E-state index contributed by atoms with van der Waals surface area (Å²) in [5, 5.41) is 14.2. The first kappa shape index (κ1) is 13.8. The quantitative estimate of drug-likeness (QED) is 0.442. The number of nitrogens with two attached hydrogens (primary N) is 1. The van der Waals surface area contributed by atoms with Gasteiger partial charge < -0.3 is 10.7 Å². The van der Waals surface area contributed by atoms with Gasteiger partial charge in [0.05, 0.1) is 4.92 Å². The van der Waals surface area contributed by atoms with E-state index in [1.807, 2.05) is 31.2 Å². The number of hydrazine groups is 1. The van der Waals surface area contributed by atoms with Gasteiger partial charge in [0.2, 0.25) is 0 Å². The number of nitrogen functional groups attached to an aromatic ring is 1. The van der Waals surface area contributed by atoms with Crippen LogP contribution in [0.5, 0.6) is 0 Å². The van der Waals surface area contributed by atoms with Gasteiger partial charge in [0.1, 0.15) is 11.4 Å². The molecule has 104 valence electrons. The molecule has 0 atom stereocenters. The normalized spacial score (nSPS) is 10.1. The van der Waals surface area contributed by atoms with Crippen molar-refractivity contribution >= 4 is 17.1 Å². The van der Waals surface area contributed by atoms with Gasteiger partial charge in [0.25, 0.3) is 0 Å². The second-order valence-electron chi connectivity index (χ2n) is 4.44. The number of nitrogens with zero attached hydrogens (tertiary/aromatic N) is 1. The summed E-state index contributed by atoms with van der Waals surface area (Å²) in [7, 11) is 0. The summed E-state index contributed by atoms with van der Waals surface area (Å²) in [6.45, 7) is 2.52. The maximum absolute atomic E-state index is 11.1. The van der Waals surface area contributed by atoms with Gasteiger partial charge in [0, 0.05) is 6.54 Å². The highest BCUT2D eigenvalue weighted by Gasteiger charge is 2.18. The molecule has 20 heavy (non-hydrogen) atoms. The molecule has 2 aromatic carbocycles. The van der Waals surface area contributed by atoms with E-state index in [1.54, 1.807) is 18.2 Å². The molecule has 2 rings (SSSR count). The van der Waals surface area contributed by atoms with Crippen LogP contribution in [0.3, 0.4) is 0 Å². The molecule has 0 unspecified atom stereocenters. The monoisotopic (exact) mass is 272 g/mol. The average molecular weight is 272 g/mol. The number of hydrogen-bond acceptors (Lipinski definition) is 5. The Hall–Kier alpha value is -2.60. The number of para-hydroxylation sites is 1. The minimum Gasteiger partial charge on any atom is -0.375 e. The minimum absolute atomic E-state index is 0.0536. The highest BCUT2D eigenvalue weighted by molar-refractivity contribution is 5.75. The fraction of sp³-hybridized carbons (Fsp3) is 0.143. The Bertz CT molecular complexity index is 611. The molecule has 0 saturated heterocycles. The van der Waals surface area contributed by atoms with Crippen molar-refractivity contribution in [2.45, 2.75) is 13.5 Å². The molecule has 0 bridgehead atoms. The van der Waals surface area contributed by atoms with Crippen molar-refractivity contribution in [3.05, 3.63) is 63.7 Å². The van der Waals surface area contributed by atoms with Crippen LogP contribution >= 0.6 is 0 Å². The van der Waals surface area contributed by atoms with E-state index in [2.05, 4.69) is 10.7 Å². The molecule has 0 radical (unpaired) electrons. The van der Waals surface area contributed by atoms with Crippen molar-refractivity contribution in [1.82, 2.24) is 0 Å². The van der Waals surface area contributed by atoms with E-state index >= 15 is 0 Å². The molecule has 6 nitrogen and oxygen atoms in total. The van der Waals surface area contributed by atoms with Gasteiger partial charge in [-0.05, 0) is 24.6 Å². The SMILES string of the molecule is Cc1ccc(CNc2cccc(NN)c2[N+](=O)[O-])cc1. The number of anilines is 2. The molecule has 4 N–H and O–H groups in total. The Balaban J connectivity index is 2.21. The summed E-state index contributed by atoms with van der Waals surface area (Å²) in [4.78, 5) is 10.7. The van der Waals surface area contributed by atoms with Gasteiger partial charge in [-0.1, -0.05) is 35.9 Å². The van der Waals surface area contributed by atoms with Crippen molar-refractivity contribution in [2.75, 3.05) is 10.7 Å². The number of nitro benzene ring substituents is 1. The zero-order valence-corrected chi connectivity index (χ0v) is 11.1. The van der Waals surface area contributed by atoms with Gasteiger partial charge in [0.15, 0.2) is 0 Å². The third-order valence-corrected chi connectivity index (χ3v) is 2.98. The van der Waals surface area contributed by atoms with Crippen LogP contribution in [-0.4, -0.2) is 4.92 Å². The number of nitro groups is 1. The number of rotatable bonds is 5. The van der Waals surface area contributed by atoms with Gasteiger partial charge in [-0.15, -0.1) is 0 Å². The summed E-state index contributed by atoms with van der Waals surface area (Å²) in [5.41, 5.74) is 5.23. The van der Waals surface area contributed by atoms with Crippen LogP contribution in [0, 0.1) is 17.0 Å². The van der Waals surface area contributed by atoms with Gasteiger partial charge in [-0.2, -0.15) is 0 Å². The number of nitrogens with one attached hydrogen (secondary N) is 2. The lowest BCUT2D eigenvalue weighted by Crippen LogP contribution is -2.11. The third-order valence-electron chi connectivity index (χ3n) is 2.98. The van der Waals surface area contributed by atoms with Crippen LogP contribution in [0.15, 0.2) is 42.5 Å². The zero-order valence-electron chi connectivity index (χ0n) is 11.1. The van der Waals surface area contributed by atoms with Crippen LogP contribution in [0.2, 0.25) is 0 Å². The van der Waals surface area contributed by atoms with Crippen molar-refractivity contribution in [1.29, 1.82) is 0 Å². The largest absolute Gasteiger partial charge is 0.375 e. The van der Waals surface area contributed by atoms with Crippen molar-refractivity contribution in [3.8, 4) is 0 Å².